The van der Waals surface area contributed by atoms with Gasteiger partial charge in [0.1, 0.15) is 5.75 Å². The summed E-state index contributed by atoms with van der Waals surface area (Å²) in [6.07, 6.45) is 1.37. The zero-order valence-corrected chi connectivity index (χ0v) is 17.7. The second-order valence-corrected chi connectivity index (χ2v) is 9.30. The summed E-state index contributed by atoms with van der Waals surface area (Å²) in [6.45, 7) is 14.7. The van der Waals surface area contributed by atoms with E-state index in [-0.39, 0.29) is 16.7 Å². The number of phenols is 1. The number of carbonyl (C=O) groups is 1. The van der Waals surface area contributed by atoms with Crippen molar-refractivity contribution < 1.29 is 9.90 Å². The Hall–Kier alpha value is -2.29. The van der Waals surface area contributed by atoms with Crippen molar-refractivity contribution in [1.82, 2.24) is 0 Å². The predicted octanol–water partition coefficient (Wildman–Crippen LogP) is 6.39. The second kappa shape index (κ2) is 7.75. The smallest absolute Gasteiger partial charge is 0.224 e. The van der Waals surface area contributed by atoms with Crippen LogP contribution >= 0.6 is 0 Å². The van der Waals surface area contributed by atoms with Crippen LogP contribution in [0.3, 0.4) is 0 Å². The lowest BCUT2D eigenvalue weighted by atomic mass is 9.78. The van der Waals surface area contributed by atoms with Crippen molar-refractivity contribution in [3.63, 3.8) is 0 Å². The molecule has 0 heterocycles. The minimum atomic E-state index is -0.159. The maximum Gasteiger partial charge on any atom is 0.224 e. The van der Waals surface area contributed by atoms with Crippen molar-refractivity contribution in [2.75, 3.05) is 5.32 Å². The highest BCUT2D eigenvalue weighted by molar-refractivity contribution is 5.91. The molecule has 0 saturated heterocycles. The molecule has 0 aliphatic heterocycles. The van der Waals surface area contributed by atoms with E-state index >= 15 is 0 Å². The molecular formula is C24H33NO2. The van der Waals surface area contributed by atoms with Crippen molar-refractivity contribution in [3.8, 4) is 16.9 Å². The molecule has 2 N–H and O–H groups in total. The zero-order valence-electron chi connectivity index (χ0n) is 17.7. The minimum Gasteiger partial charge on any atom is -0.507 e. The topological polar surface area (TPSA) is 49.3 Å². The van der Waals surface area contributed by atoms with E-state index in [1.165, 1.54) is 0 Å². The number of nitrogens with one attached hydrogen (secondary N) is 1. The molecular weight excluding hydrogens is 334 g/mol. The van der Waals surface area contributed by atoms with Crippen LogP contribution in [0.2, 0.25) is 0 Å². The second-order valence-electron chi connectivity index (χ2n) is 9.30. The van der Waals surface area contributed by atoms with Crippen LogP contribution in [-0.4, -0.2) is 11.0 Å². The number of hydrogen-bond acceptors (Lipinski definition) is 2. The average molecular weight is 368 g/mol. The van der Waals surface area contributed by atoms with Crippen molar-refractivity contribution in [3.05, 3.63) is 47.5 Å². The Balaban J connectivity index is 2.47. The van der Waals surface area contributed by atoms with Gasteiger partial charge in [0.05, 0.1) is 0 Å². The maximum atomic E-state index is 11.8. The highest BCUT2D eigenvalue weighted by Gasteiger charge is 2.26. The molecule has 2 aromatic rings. The molecule has 0 spiro atoms. The van der Waals surface area contributed by atoms with Crippen LogP contribution < -0.4 is 5.32 Å². The van der Waals surface area contributed by atoms with Gasteiger partial charge in [-0.15, -0.1) is 0 Å². The summed E-state index contributed by atoms with van der Waals surface area (Å²) in [4.78, 5) is 11.8. The van der Waals surface area contributed by atoms with Crippen molar-refractivity contribution in [1.29, 1.82) is 0 Å². The Morgan fingerprint density at radius 2 is 1.37 bits per heavy atom. The van der Waals surface area contributed by atoms with Gasteiger partial charge in [-0.05, 0) is 52.6 Å². The SMILES string of the molecule is CCCC(=O)Nc1ccc(-c2cc(C(C)(C)C)c(O)c(C(C)(C)C)c2)cc1. The molecule has 3 heteroatoms. The van der Waals surface area contributed by atoms with Gasteiger partial charge in [-0.1, -0.05) is 60.6 Å². The van der Waals surface area contributed by atoms with Crippen LogP contribution in [0, 0.1) is 0 Å². The van der Waals surface area contributed by atoms with E-state index in [1.54, 1.807) is 0 Å². The summed E-state index contributed by atoms with van der Waals surface area (Å²) in [7, 11) is 0. The summed E-state index contributed by atoms with van der Waals surface area (Å²) in [5, 5.41) is 13.8. The first-order chi connectivity index (χ1) is 12.4. The lowest BCUT2D eigenvalue weighted by molar-refractivity contribution is -0.116. The Bertz CT molecular complexity index is 771. The molecule has 0 aromatic heterocycles. The van der Waals surface area contributed by atoms with E-state index in [4.69, 9.17) is 0 Å². The predicted molar refractivity (Wildman–Crippen MR) is 114 cm³/mol. The Kier molecular flexibility index (Phi) is 6.04. The largest absolute Gasteiger partial charge is 0.507 e. The summed E-state index contributed by atoms with van der Waals surface area (Å²) in [6, 6.07) is 12.1. The normalized spacial score (nSPS) is 12.1. The molecule has 0 atom stereocenters. The number of aromatic hydroxyl groups is 1. The third-order valence-corrected chi connectivity index (χ3v) is 4.70. The average Bonchev–Trinajstić information content (AvgIpc) is 2.54. The number of carbonyl (C=O) groups excluding carboxylic acids is 1. The molecule has 1 amide bonds. The molecule has 0 aliphatic carbocycles. The van der Waals surface area contributed by atoms with Gasteiger partial charge in [-0.3, -0.25) is 4.79 Å². The van der Waals surface area contributed by atoms with Crippen LogP contribution in [0.15, 0.2) is 36.4 Å². The van der Waals surface area contributed by atoms with E-state index < -0.39 is 0 Å². The van der Waals surface area contributed by atoms with E-state index in [2.05, 4.69) is 59.0 Å². The summed E-state index contributed by atoms with van der Waals surface area (Å²) < 4.78 is 0. The fraction of sp³-hybridized carbons (Fsp3) is 0.458. The van der Waals surface area contributed by atoms with Gasteiger partial charge >= 0.3 is 0 Å². The van der Waals surface area contributed by atoms with Gasteiger partial charge in [0.25, 0.3) is 0 Å². The number of phenolic OH excluding ortho intramolecular Hbond substituents is 1. The third-order valence-electron chi connectivity index (χ3n) is 4.70. The van der Waals surface area contributed by atoms with Crippen molar-refractivity contribution >= 4 is 11.6 Å². The third kappa shape index (κ3) is 5.12. The van der Waals surface area contributed by atoms with Crippen LogP contribution in [0.1, 0.15) is 72.4 Å². The monoisotopic (exact) mass is 367 g/mol. The Labute approximate surface area is 163 Å². The number of anilines is 1. The highest BCUT2D eigenvalue weighted by Crippen LogP contribution is 2.42. The van der Waals surface area contributed by atoms with Crippen LogP contribution in [0.5, 0.6) is 5.75 Å². The fourth-order valence-corrected chi connectivity index (χ4v) is 3.14. The standard InChI is InChI=1S/C24H33NO2/c1-8-9-21(26)25-18-12-10-16(11-13-18)17-14-19(23(2,3)4)22(27)20(15-17)24(5,6)7/h10-15,27H,8-9H2,1-7H3,(H,25,26). The fourth-order valence-electron chi connectivity index (χ4n) is 3.14. The molecule has 0 saturated carbocycles. The van der Waals surface area contributed by atoms with Gasteiger partial charge in [0, 0.05) is 23.2 Å². The van der Waals surface area contributed by atoms with Gasteiger partial charge in [0.2, 0.25) is 5.91 Å². The lowest BCUT2D eigenvalue weighted by Crippen LogP contribution is -2.17. The Morgan fingerprint density at radius 3 is 1.78 bits per heavy atom. The molecule has 3 nitrogen and oxygen atoms in total. The number of hydrogen-bond donors (Lipinski definition) is 2. The number of rotatable bonds is 4. The molecule has 0 fully saturated rings. The van der Waals surface area contributed by atoms with Gasteiger partial charge in [0.15, 0.2) is 0 Å². The molecule has 0 radical (unpaired) electrons. The first-order valence-corrected chi connectivity index (χ1v) is 9.71. The van der Waals surface area contributed by atoms with Crippen LogP contribution in [0.4, 0.5) is 5.69 Å². The van der Waals surface area contributed by atoms with Crippen LogP contribution in [-0.2, 0) is 15.6 Å². The van der Waals surface area contributed by atoms with E-state index in [0.29, 0.717) is 12.2 Å². The molecule has 0 bridgehead atoms. The Morgan fingerprint density at radius 1 is 0.889 bits per heavy atom. The van der Waals surface area contributed by atoms with Gasteiger partial charge in [-0.2, -0.15) is 0 Å². The quantitative estimate of drug-likeness (QED) is 0.657. The molecule has 27 heavy (non-hydrogen) atoms. The molecule has 2 rings (SSSR count). The first-order valence-electron chi connectivity index (χ1n) is 9.71. The molecule has 2 aromatic carbocycles. The van der Waals surface area contributed by atoms with E-state index in [1.807, 2.05) is 31.2 Å². The van der Waals surface area contributed by atoms with Crippen molar-refractivity contribution in [2.45, 2.75) is 72.1 Å². The first kappa shape index (κ1) is 21.0. The molecule has 0 aliphatic rings. The minimum absolute atomic E-state index is 0.0416. The lowest BCUT2D eigenvalue weighted by Gasteiger charge is -2.28. The van der Waals surface area contributed by atoms with E-state index in [9.17, 15) is 9.90 Å². The van der Waals surface area contributed by atoms with Crippen LogP contribution in [0.25, 0.3) is 11.1 Å². The molecule has 146 valence electrons. The number of amides is 1. The van der Waals surface area contributed by atoms with Gasteiger partial charge in [-0.25, -0.2) is 0 Å². The summed E-state index contributed by atoms with van der Waals surface area (Å²) in [5.74, 6) is 0.433. The summed E-state index contributed by atoms with van der Waals surface area (Å²) >= 11 is 0. The summed E-state index contributed by atoms with van der Waals surface area (Å²) in [5.41, 5.74) is 4.54. The highest BCUT2D eigenvalue weighted by atomic mass is 16.3. The van der Waals surface area contributed by atoms with Crippen molar-refractivity contribution in [2.24, 2.45) is 0 Å². The molecule has 0 unspecified atom stereocenters. The maximum absolute atomic E-state index is 11.8. The number of benzene rings is 2. The zero-order chi connectivity index (χ0) is 20.4. The van der Waals surface area contributed by atoms with E-state index in [0.717, 1.165) is 34.4 Å². The van der Waals surface area contributed by atoms with Gasteiger partial charge < -0.3 is 10.4 Å².